The molecule has 0 aliphatic rings. The second kappa shape index (κ2) is 13.4. The van der Waals surface area contributed by atoms with Crippen LogP contribution in [0.2, 0.25) is 0 Å². The molecule has 4 N–H and O–H groups in total. The van der Waals surface area contributed by atoms with Crippen LogP contribution in [-0.4, -0.2) is 62.9 Å². The topological polar surface area (TPSA) is 111 Å². The van der Waals surface area contributed by atoms with Crippen molar-refractivity contribution in [2.75, 3.05) is 39.6 Å². The van der Waals surface area contributed by atoms with Crippen molar-refractivity contribution in [3.8, 4) is 0 Å². The van der Waals surface area contributed by atoms with Crippen LogP contribution in [-0.2, 0) is 19.1 Å². The first-order valence-corrected chi connectivity index (χ1v) is 6.43. The van der Waals surface area contributed by atoms with Crippen molar-refractivity contribution in [2.45, 2.75) is 25.3 Å². The zero-order chi connectivity index (χ0) is 14.3. The molecular formula is C12H24N2O5. The van der Waals surface area contributed by atoms with E-state index in [1.54, 1.807) is 0 Å². The Morgan fingerprint density at radius 1 is 1.26 bits per heavy atom. The summed E-state index contributed by atoms with van der Waals surface area (Å²) in [7, 11) is 0. The average molecular weight is 276 g/mol. The zero-order valence-corrected chi connectivity index (χ0v) is 11.2. The summed E-state index contributed by atoms with van der Waals surface area (Å²) < 4.78 is 10.1. The number of amides is 1. The molecule has 112 valence electrons. The predicted molar refractivity (Wildman–Crippen MR) is 69.6 cm³/mol. The average Bonchev–Trinajstić information content (AvgIpc) is 2.40. The van der Waals surface area contributed by atoms with Gasteiger partial charge in [0.05, 0.1) is 19.8 Å². The van der Waals surface area contributed by atoms with Crippen LogP contribution in [0.15, 0.2) is 0 Å². The van der Waals surface area contributed by atoms with Gasteiger partial charge in [0, 0.05) is 25.6 Å². The van der Waals surface area contributed by atoms with Gasteiger partial charge in [-0.2, -0.15) is 0 Å². The minimum absolute atomic E-state index is 0.0444. The molecule has 7 nitrogen and oxygen atoms in total. The Bertz CT molecular complexity index is 238. The van der Waals surface area contributed by atoms with E-state index in [-0.39, 0.29) is 25.2 Å². The first-order chi connectivity index (χ1) is 9.20. The number of hydrogen-bond donors (Lipinski definition) is 3. The predicted octanol–water partition coefficient (Wildman–Crippen LogP) is -1.18. The highest BCUT2D eigenvalue weighted by molar-refractivity contribution is 5.75. The van der Waals surface area contributed by atoms with E-state index in [1.165, 1.54) is 0 Å². The van der Waals surface area contributed by atoms with Gasteiger partial charge in [0.2, 0.25) is 5.91 Å². The Kier molecular flexibility index (Phi) is 12.7. The standard InChI is InChI=1S/C12H24N2O5/c13-11(3-5-15)1-2-12(17)14-4-7-18-9-10-19-8-6-16/h6,11,15H,1-5,7-10,13H2,(H,14,17)/t11-/m0/s1. The van der Waals surface area contributed by atoms with Gasteiger partial charge in [-0.3, -0.25) is 4.79 Å². The van der Waals surface area contributed by atoms with E-state index < -0.39 is 0 Å². The summed E-state index contributed by atoms with van der Waals surface area (Å²) in [6.45, 7) is 1.71. The second-order valence-electron chi connectivity index (χ2n) is 4.01. The maximum Gasteiger partial charge on any atom is 0.220 e. The maximum atomic E-state index is 11.4. The summed E-state index contributed by atoms with van der Waals surface area (Å²) in [5.41, 5.74) is 5.66. The highest BCUT2D eigenvalue weighted by Gasteiger charge is 2.06. The Morgan fingerprint density at radius 3 is 2.68 bits per heavy atom. The molecule has 0 aromatic rings. The van der Waals surface area contributed by atoms with Crippen LogP contribution >= 0.6 is 0 Å². The Balaban J connectivity index is 3.27. The number of hydrogen-bond acceptors (Lipinski definition) is 6. The summed E-state index contributed by atoms with van der Waals surface area (Å²) in [6.07, 6.45) is 2.11. The minimum Gasteiger partial charge on any atom is -0.396 e. The molecule has 0 radical (unpaired) electrons. The van der Waals surface area contributed by atoms with Crippen LogP contribution < -0.4 is 11.1 Å². The largest absolute Gasteiger partial charge is 0.396 e. The van der Waals surface area contributed by atoms with E-state index in [2.05, 4.69) is 5.32 Å². The van der Waals surface area contributed by atoms with Gasteiger partial charge in [0.1, 0.15) is 12.9 Å². The van der Waals surface area contributed by atoms with Crippen molar-refractivity contribution in [1.29, 1.82) is 0 Å². The Hall–Kier alpha value is -1.02. The maximum absolute atomic E-state index is 11.4. The van der Waals surface area contributed by atoms with E-state index in [0.29, 0.717) is 51.9 Å². The molecule has 0 fully saturated rings. The van der Waals surface area contributed by atoms with Crippen LogP contribution in [0.5, 0.6) is 0 Å². The van der Waals surface area contributed by atoms with Crippen LogP contribution in [0.25, 0.3) is 0 Å². The molecule has 0 aliphatic heterocycles. The first kappa shape index (κ1) is 18.0. The molecule has 0 aliphatic carbocycles. The SMILES string of the molecule is N[C@H](CCO)CCC(=O)NCCOCCOCC=O. The van der Waals surface area contributed by atoms with Crippen molar-refractivity contribution in [2.24, 2.45) is 5.73 Å². The third-order valence-corrected chi connectivity index (χ3v) is 2.37. The molecule has 0 bridgehead atoms. The minimum atomic E-state index is -0.137. The monoisotopic (exact) mass is 276 g/mol. The number of carbonyl (C=O) groups excluding carboxylic acids is 2. The molecule has 0 saturated carbocycles. The molecule has 0 rings (SSSR count). The summed E-state index contributed by atoms with van der Waals surface area (Å²) >= 11 is 0. The normalized spacial score (nSPS) is 12.1. The van der Waals surface area contributed by atoms with E-state index >= 15 is 0 Å². The molecular weight excluding hydrogens is 252 g/mol. The fourth-order valence-electron chi connectivity index (χ4n) is 1.33. The number of aldehydes is 1. The van der Waals surface area contributed by atoms with E-state index in [4.69, 9.17) is 20.3 Å². The molecule has 0 heterocycles. The van der Waals surface area contributed by atoms with Crippen molar-refractivity contribution in [3.63, 3.8) is 0 Å². The van der Waals surface area contributed by atoms with Crippen molar-refractivity contribution >= 4 is 12.2 Å². The Labute approximate surface area is 113 Å². The lowest BCUT2D eigenvalue weighted by Gasteiger charge is -2.10. The zero-order valence-electron chi connectivity index (χ0n) is 11.2. The molecule has 19 heavy (non-hydrogen) atoms. The quantitative estimate of drug-likeness (QED) is 0.288. The lowest BCUT2D eigenvalue weighted by atomic mass is 10.1. The molecule has 0 aromatic heterocycles. The number of nitrogens with one attached hydrogen (secondary N) is 1. The van der Waals surface area contributed by atoms with Gasteiger partial charge in [0.15, 0.2) is 0 Å². The summed E-state index contributed by atoms with van der Waals surface area (Å²) in [5.74, 6) is -0.0748. The molecule has 0 saturated heterocycles. The molecule has 0 spiro atoms. The van der Waals surface area contributed by atoms with Gasteiger partial charge >= 0.3 is 0 Å². The second-order valence-corrected chi connectivity index (χ2v) is 4.01. The number of carbonyl (C=O) groups is 2. The van der Waals surface area contributed by atoms with Gasteiger partial charge in [-0.05, 0) is 12.8 Å². The molecule has 1 amide bonds. The number of rotatable bonds is 13. The van der Waals surface area contributed by atoms with E-state index in [0.717, 1.165) is 0 Å². The highest BCUT2D eigenvalue weighted by atomic mass is 16.5. The Morgan fingerprint density at radius 2 is 2.00 bits per heavy atom. The smallest absolute Gasteiger partial charge is 0.220 e. The number of aliphatic hydroxyl groups is 1. The number of aliphatic hydroxyl groups excluding tert-OH is 1. The van der Waals surface area contributed by atoms with Crippen molar-refractivity contribution in [1.82, 2.24) is 5.32 Å². The number of nitrogens with two attached hydrogens (primary N) is 1. The van der Waals surface area contributed by atoms with Gasteiger partial charge in [-0.1, -0.05) is 0 Å². The third-order valence-electron chi connectivity index (χ3n) is 2.37. The van der Waals surface area contributed by atoms with Crippen LogP contribution in [0.1, 0.15) is 19.3 Å². The lowest BCUT2D eigenvalue weighted by Crippen LogP contribution is -2.30. The first-order valence-electron chi connectivity index (χ1n) is 6.43. The third kappa shape index (κ3) is 13.2. The molecule has 0 unspecified atom stereocenters. The lowest BCUT2D eigenvalue weighted by molar-refractivity contribution is -0.121. The van der Waals surface area contributed by atoms with E-state index in [1.807, 2.05) is 0 Å². The molecule has 7 heteroatoms. The summed E-state index contributed by atoms with van der Waals surface area (Å²) in [4.78, 5) is 21.3. The summed E-state index contributed by atoms with van der Waals surface area (Å²) in [6, 6.07) is -0.137. The molecule has 1 atom stereocenters. The van der Waals surface area contributed by atoms with Crippen LogP contribution in [0, 0.1) is 0 Å². The van der Waals surface area contributed by atoms with Crippen molar-refractivity contribution in [3.05, 3.63) is 0 Å². The van der Waals surface area contributed by atoms with E-state index in [9.17, 15) is 9.59 Å². The van der Waals surface area contributed by atoms with Crippen molar-refractivity contribution < 1.29 is 24.2 Å². The fraction of sp³-hybridized carbons (Fsp3) is 0.833. The highest BCUT2D eigenvalue weighted by Crippen LogP contribution is 1.98. The van der Waals surface area contributed by atoms with Gasteiger partial charge < -0.3 is 30.4 Å². The fourth-order valence-corrected chi connectivity index (χ4v) is 1.33. The van der Waals surface area contributed by atoms with Gasteiger partial charge in [-0.15, -0.1) is 0 Å². The van der Waals surface area contributed by atoms with Crippen LogP contribution in [0.3, 0.4) is 0 Å². The van der Waals surface area contributed by atoms with Crippen LogP contribution in [0.4, 0.5) is 0 Å². The van der Waals surface area contributed by atoms with Gasteiger partial charge in [-0.25, -0.2) is 0 Å². The number of ether oxygens (including phenoxy) is 2. The summed E-state index contributed by atoms with van der Waals surface area (Å²) in [5, 5.41) is 11.4. The van der Waals surface area contributed by atoms with Gasteiger partial charge in [0.25, 0.3) is 0 Å². The molecule has 0 aromatic carbocycles.